The van der Waals surface area contributed by atoms with Crippen molar-refractivity contribution in [1.29, 1.82) is 0 Å². The molecule has 1 atom stereocenters. The molecule has 1 unspecified atom stereocenters. The van der Waals surface area contributed by atoms with Gasteiger partial charge in [-0.05, 0) is 27.4 Å². The lowest BCUT2D eigenvalue weighted by atomic mass is 9.85. The van der Waals surface area contributed by atoms with Gasteiger partial charge in [-0.1, -0.05) is 87.5 Å². The quantitative estimate of drug-likeness (QED) is 0.707. The molecule has 3 nitrogen and oxygen atoms in total. The van der Waals surface area contributed by atoms with Crippen LogP contribution in [0.2, 0.25) is 0 Å². The Balaban J connectivity index is 2.01. The van der Waals surface area contributed by atoms with Gasteiger partial charge in [0.15, 0.2) is 0 Å². The molecular weight excluding hydrogens is 336 g/mol. The van der Waals surface area contributed by atoms with Gasteiger partial charge in [0.2, 0.25) is 0 Å². The molecule has 0 aliphatic carbocycles. The molecule has 0 saturated heterocycles. The zero-order chi connectivity index (χ0) is 18.6. The Morgan fingerprint density at radius 1 is 0.846 bits per heavy atom. The van der Waals surface area contributed by atoms with Crippen LogP contribution in [0.15, 0.2) is 79.0 Å². The minimum atomic E-state index is -1.40. The van der Waals surface area contributed by atoms with Crippen LogP contribution in [0.5, 0.6) is 0 Å². The van der Waals surface area contributed by atoms with Gasteiger partial charge in [0, 0.05) is 6.20 Å². The van der Waals surface area contributed by atoms with E-state index >= 15 is 0 Å². The summed E-state index contributed by atoms with van der Waals surface area (Å²) in [6.07, 6.45) is 1.76. The molecule has 0 aliphatic heterocycles. The summed E-state index contributed by atoms with van der Waals surface area (Å²) in [6, 6.07) is 24.9. The van der Waals surface area contributed by atoms with Crippen LogP contribution < -0.4 is 16.1 Å². The Kier molecular flexibility index (Phi) is 5.54. The molecule has 0 bridgehead atoms. The molecule has 1 aromatic heterocycles. The fourth-order valence-corrected chi connectivity index (χ4v) is 5.24. The Bertz CT molecular complexity index is 775. The SMILES string of the molecule is CC(C)(C)C(O[Si](c1ccccc1)c1ccccc1)c1ccc(N)nc1. The molecule has 3 rings (SSSR count). The van der Waals surface area contributed by atoms with Gasteiger partial charge < -0.3 is 10.2 Å². The van der Waals surface area contributed by atoms with Crippen LogP contribution in [-0.4, -0.2) is 14.0 Å². The van der Waals surface area contributed by atoms with E-state index in [0.717, 1.165) is 5.56 Å². The molecule has 0 aliphatic rings. The van der Waals surface area contributed by atoms with Gasteiger partial charge in [-0.25, -0.2) is 4.98 Å². The van der Waals surface area contributed by atoms with E-state index in [-0.39, 0.29) is 11.5 Å². The standard InChI is InChI=1S/C22H25N2OSi/c1-22(2,3)21(17-14-15-20(23)24-16-17)25-26(18-10-6-4-7-11-18)19-12-8-5-9-13-19/h4-16,21H,1-3H3,(H2,23,24). The predicted octanol–water partition coefficient (Wildman–Crippen LogP) is 3.57. The van der Waals surface area contributed by atoms with E-state index in [4.69, 9.17) is 10.2 Å². The molecule has 1 heterocycles. The summed E-state index contributed by atoms with van der Waals surface area (Å²) in [6.45, 7) is 6.59. The molecule has 0 fully saturated rings. The van der Waals surface area contributed by atoms with Crippen molar-refractivity contribution < 1.29 is 4.43 Å². The number of benzene rings is 2. The first-order chi connectivity index (χ1) is 12.4. The minimum Gasteiger partial charge on any atom is -0.400 e. The van der Waals surface area contributed by atoms with Crippen molar-refractivity contribution in [2.24, 2.45) is 5.41 Å². The summed E-state index contributed by atoms with van der Waals surface area (Å²) in [5.74, 6) is 0.526. The van der Waals surface area contributed by atoms with Crippen LogP contribution in [0.3, 0.4) is 0 Å². The molecule has 2 aromatic carbocycles. The number of nitrogens with zero attached hydrogens (tertiary/aromatic N) is 1. The second-order valence-electron chi connectivity index (χ2n) is 7.44. The summed E-state index contributed by atoms with van der Waals surface area (Å²) < 4.78 is 6.83. The Hall–Kier alpha value is -2.43. The fourth-order valence-electron chi connectivity index (χ4n) is 2.92. The highest BCUT2D eigenvalue weighted by Gasteiger charge is 2.32. The van der Waals surface area contributed by atoms with Crippen molar-refractivity contribution in [3.05, 3.63) is 84.6 Å². The number of hydrogen-bond donors (Lipinski definition) is 1. The van der Waals surface area contributed by atoms with E-state index in [2.05, 4.69) is 74.3 Å². The molecule has 0 spiro atoms. The van der Waals surface area contributed by atoms with E-state index in [9.17, 15) is 0 Å². The van der Waals surface area contributed by atoms with Crippen LogP contribution in [0.25, 0.3) is 0 Å². The average Bonchev–Trinajstić information content (AvgIpc) is 2.64. The van der Waals surface area contributed by atoms with Crippen molar-refractivity contribution in [3.63, 3.8) is 0 Å². The summed E-state index contributed by atoms with van der Waals surface area (Å²) in [5, 5.41) is 2.47. The maximum atomic E-state index is 6.83. The van der Waals surface area contributed by atoms with E-state index in [1.165, 1.54) is 10.4 Å². The lowest BCUT2D eigenvalue weighted by Gasteiger charge is -2.34. The molecule has 1 radical (unpaired) electrons. The number of pyridine rings is 1. The Morgan fingerprint density at radius 2 is 1.38 bits per heavy atom. The summed E-state index contributed by atoms with van der Waals surface area (Å²) >= 11 is 0. The van der Waals surface area contributed by atoms with Crippen LogP contribution >= 0.6 is 0 Å². The van der Waals surface area contributed by atoms with Crippen LogP contribution in [0, 0.1) is 5.41 Å². The lowest BCUT2D eigenvalue weighted by Crippen LogP contribution is -2.47. The third-order valence-corrected chi connectivity index (χ3v) is 6.39. The molecule has 4 heteroatoms. The molecule has 2 N–H and O–H groups in total. The predicted molar refractivity (Wildman–Crippen MR) is 110 cm³/mol. The van der Waals surface area contributed by atoms with Crippen LogP contribution in [-0.2, 0) is 4.43 Å². The highest BCUT2D eigenvalue weighted by atomic mass is 28.3. The van der Waals surface area contributed by atoms with Crippen molar-refractivity contribution in [3.8, 4) is 0 Å². The maximum absolute atomic E-state index is 6.83. The van der Waals surface area contributed by atoms with E-state index in [1.54, 1.807) is 0 Å². The number of nitrogens with two attached hydrogens (primary N) is 1. The Morgan fingerprint density at radius 3 is 1.81 bits per heavy atom. The molecular formula is C22H25N2OSi. The largest absolute Gasteiger partial charge is 0.400 e. The first kappa shape index (κ1) is 18.4. The van der Waals surface area contributed by atoms with Crippen LogP contribution in [0.4, 0.5) is 5.82 Å². The van der Waals surface area contributed by atoms with Crippen molar-refractivity contribution >= 4 is 25.2 Å². The first-order valence-electron chi connectivity index (χ1n) is 8.81. The summed E-state index contributed by atoms with van der Waals surface area (Å²) in [5.41, 5.74) is 6.76. The second-order valence-corrected chi connectivity index (χ2v) is 9.49. The first-order valence-corrected chi connectivity index (χ1v) is 10.2. The highest BCUT2D eigenvalue weighted by molar-refractivity contribution is 6.80. The van der Waals surface area contributed by atoms with Gasteiger partial charge >= 0.3 is 0 Å². The summed E-state index contributed by atoms with van der Waals surface area (Å²) in [4.78, 5) is 4.28. The van der Waals surface area contributed by atoms with Crippen molar-refractivity contribution in [2.75, 3.05) is 5.73 Å². The zero-order valence-corrected chi connectivity index (χ0v) is 16.5. The molecule has 26 heavy (non-hydrogen) atoms. The fraction of sp³-hybridized carbons (Fsp3) is 0.227. The number of anilines is 1. The smallest absolute Gasteiger partial charge is 0.283 e. The van der Waals surface area contributed by atoms with Gasteiger partial charge in [-0.2, -0.15) is 0 Å². The van der Waals surface area contributed by atoms with E-state index in [0.29, 0.717) is 5.82 Å². The van der Waals surface area contributed by atoms with Gasteiger partial charge in [0.05, 0.1) is 6.10 Å². The lowest BCUT2D eigenvalue weighted by molar-refractivity contribution is 0.0894. The Labute approximate surface area is 157 Å². The topological polar surface area (TPSA) is 48.1 Å². The van der Waals surface area contributed by atoms with Crippen LogP contribution in [0.1, 0.15) is 32.4 Å². The monoisotopic (exact) mass is 361 g/mol. The number of rotatable bonds is 5. The number of hydrogen-bond acceptors (Lipinski definition) is 3. The molecule has 0 amide bonds. The maximum Gasteiger partial charge on any atom is 0.283 e. The second kappa shape index (κ2) is 7.85. The van der Waals surface area contributed by atoms with Gasteiger partial charge in [0.1, 0.15) is 5.82 Å². The summed E-state index contributed by atoms with van der Waals surface area (Å²) in [7, 11) is -1.40. The number of nitrogen functional groups attached to an aromatic ring is 1. The number of aromatic nitrogens is 1. The molecule has 0 saturated carbocycles. The zero-order valence-electron chi connectivity index (χ0n) is 15.5. The van der Waals surface area contributed by atoms with E-state index < -0.39 is 9.04 Å². The third kappa shape index (κ3) is 4.39. The average molecular weight is 362 g/mol. The van der Waals surface area contributed by atoms with Gasteiger partial charge in [-0.15, -0.1) is 0 Å². The van der Waals surface area contributed by atoms with E-state index in [1.807, 2.05) is 30.5 Å². The van der Waals surface area contributed by atoms with Gasteiger partial charge in [0.25, 0.3) is 9.04 Å². The highest BCUT2D eigenvalue weighted by Crippen LogP contribution is 2.36. The van der Waals surface area contributed by atoms with Crippen molar-refractivity contribution in [2.45, 2.75) is 26.9 Å². The normalized spacial score (nSPS) is 12.9. The molecule has 133 valence electrons. The van der Waals surface area contributed by atoms with Crippen molar-refractivity contribution in [1.82, 2.24) is 4.98 Å². The van der Waals surface area contributed by atoms with Gasteiger partial charge in [-0.3, -0.25) is 0 Å². The minimum absolute atomic E-state index is 0.0722. The molecule has 3 aromatic rings. The third-order valence-electron chi connectivity index (χ3n) is 4.21.